The van der Waals surface area contributed by atoms with Crippen LogP contribution in [0.4, 0.5) is 0 Å². The molecule has 2 rings (SSSR count). The van der Waals surface area contributed by atoms with Gasteiger partial charge in [0.05, 0.1) is 6.61 Å². The van der Waals surface area contributed by atoms with Crippen LogP contribution in [0.1, 0.15) is 68.8 Å². The summed E-state index contributed by atoms with van der Waals surface area (Å²) in [6, 6.07) is 6.52. The van der Waals surface area contributed by atoms with E-state index in [4.69, 9.17) is 4.74 Å². The maximum absolute atomic E-state index is 12.4. The van der Waals surface area contributed by atoms with Crippen molar-refractivity contribution in [2.45, 2.75) is 52.9 Å². The zero-order valence-corrected chi connectivity index (χ0v) is 15.6. The lowest BCUT2D eigenvalue weighted by Crippen LogP contribution is -2.29. The van der Waals surface area contributed by atoms with E-state index in [0.717, 1.165) is 19.3 Å². The first kappa shape index (κ1) is 19.9. The first-order valence-electron chi connectivity index (χ1n) is 9.03. The average molecular weight is 358 g/mol. The second-order valence-electron chi connectivity index (χ2n) is 7.49. The first-order chi connectivity index (χ1) is 12.3. The molecule has 0 unspecified atom stereocenters. The number of hydrogen-bond donors (Lipinski definition) is 1. The number of ketones is 2. The molecule has 5 nitrogen and oxygen atoms in total. The Bertz CT molecular complexity index is 743. The third-order valence-corrected chi connectivity index (χ3v) is 4.46. The molecular formula is C21H26O5. The third-order valence-electron chi connectivity index (χ3n) is 4.46. The Morgan fingerprint density at radius 2 is 1.73 bits per heavy atom. The Kier molecular flexibility index (Phi) is 6.35. The van der Waals surface area contributed by atoms with Crippen LogP contribution < -0.4 is 0 Å². The lowest BCUT2D eigenvalue weighted by atomic mass is 9.79. The van der Waals surface area contributed by atoms with E-state index in [-0.39, 0.29) is 35.9 Å². The summed E-state index contributed by atoms with van der Waals surface area (Å²) in [5, 5.41) is 10.5. The van der Waals surface area contributed by atoms with Gasteiger partial charge >= 0.3 is 5.97 Å². The van der Waals surface area contributed by atoms with E-state index in [0.29, 0.717) is 12.0 Å². The summed E-state index contributed by atoms with van der Waals surface area (Å²) in [5.74, 6) is -1.72. The number of carbonyl (C=O) groups is 3. The maximum atomic E-state index is 12.4. The van der Waals surface area contributed by atoms with Crippen molar-refractivity contribution in [3.05, 3.63) is 41.0 Å². The highest BCUT2D eigenvalue weighted by molar-refractivity contribution is 6.52. The van der Waals surface area contributed by atoms with Gasteiger partial charge in [-0.1, -0.05) is 57.9 Å². The number of allylic oxidation sites excluding steroid dienone is 1. The fourth-order valence-corrected chi connectivity index (χ4v) is 2.98. The van der Waals surface area contributed by atoms with Crippen molar-refractivity contribution in [3.63, 3.8) is 0 Å². The quantitative estimate of drug-likeness (QED) is 0.427. The van der Waals surface area contributed by atoms with Crippen LogP contribution in [0.2, 0.25) is 0 Å². The van der Waals surface area contributed by atoms with Crippen LogP contribution in [0, 0.1) is 5.41 Å². The molecule has 1 aliphatic carbocycles. The summed E-state index contributed by atoms with van der Waals surface area (Å²) in [5.41, 5.74) is 0.102. The van der Waals surface area contributed by atoms with Gasteiger partial charge in [0.2, 0.25) is 11.6 Å². The van der Waals surface area contributed by atoms with Gasteiger partial charge < -0.3 is 9.84 Å². The molecule has 1 aliphatic rings. The SMILES string of the molecule is CCCCCC(=O)OCC(C)(C)CC1=C(O)c2ccccc2C(=O)C1=O. The molecule has 0 aromatic heterocycles. The predicted molar refractivity (Wildman–Crippen MR) is 98.8 cm³/mol. The van der Waals surface area contributed by atoms with E-state index in [1.807, 2.05) is 13.8 Å². The van der Waals surface area contributed by atoms with Crippen molar-refractivity contribution >= 4 is 23.3 Å². The van der Waals surface area contributed by atoms with Crippen LogP contribution in [0.25, 0.3) is 5.76 Å². The van der Waals surface area contributed by atoms with Crippen molar-refractivity contribution in [2.75, 3.05) is 6.61 Å². The number of hydrogen-bond acceptors (Lipinski definition) is 5. The molecule has 0 radical (unpaired) electrons. The highest BCUT2D eigenvalue weighted by atomic mass is 16.5. The molecule has 1 N–H and O–H groups in total. The number of aliphatic hydroxyl groups excluding tert-OH is 1. The molecule has 0 saturated carbocycles. The van der Waals surface area contributed by atoms with Crippen LogP contribution in [-0.2, 0) is 14.3 Å². The van der Waals surface area contributed by atoms with E-state index < -0.39 is 17.0 Å². The number of carbonyl (C=O) groups excluding carboxylic acids is 3. The fraction of sp³-hybridized carbons (Fsp3) is 0.476. The molecule has 140 valence electrons. The van der Waals surface area contributed by atoms with E-state index in [9.17, 15) is 19.5 Å². The minimum atomic E-state index is -0.691. The zero-order chi connectivity index (χ0) is 19.3. The normalized spacial score (nSPS) is 14.4. The Morgan fingerprint density at radius 1 is 1.08 bits per heavy atom. The average Bonchev–Trinajstić information content (AvgIpc) is 2.62. The second kappa shape index (κ2) is 8.30. The number of rotatable bonds is 8. The van der Waals surface area contributed by atoms with Crippen molar-refractivity contribution in [1.29, 1.82) is 0 Å². The molecule has 0 saturated heterocycles. The molecule has 0 heterocycles. The van der Waals surface area contributed by atoms with Gasteiger partial charge in [0, 0.05) is 28.5 Å². The summed E-state index contributed by atoms with van der Waals surface area (Å²) in [6.07, 6.45) is 3.34. The van der Waals surface area contributed by atoms with Gasteiger partial charge in [0.15, 0.2) is 0 Å². The molecule has 0 aliphatic heterocycles. The Labute approximate surface area is 154 Å². The lowest BCUT2D eigenvalue weighted by Gasteiger charge is -2.27. The van der Waals surface area contributed by atoms with Gasteiger partial charge in [-0.15, -0.1) is 0 Å². The van der Waals surface area contributed by atoms with E-state index >= 15 is 0 Å². The molecule has 0 bridgehead atoms. The lowest BCUT2D eigenvalue weighted by molar-refractivity contribution is -0.146. The Balaban J connectivity index is 2.09. The van der Waals surface area contributed by atoms with Crippen molar-refractivity contribution in [1.82, 2.24) is 0 Å². The van der Waals surface area contributed by atoms with Gasteiger partial charge in [0.1, 0.15) is 5.76 Å². The molecule has 1 aromatic carbocycles. The summed E-state index contributed by atoms with van der Waals surface area (Å²) < 4.78 is 5.32. The zero-order valence-electron chi connectivity index (χ0n) is 15.6. The van der Waals surface area contributed by atoms with Gasteiger partial charge in [-0.25, -0.2) is 0 Å². The highest BCUT2D eigenvalue weighted by Gasteiger charge is 2.36. The Hall–Kier alpha value is -2.43. The second-order valence-corrected chi connectivity index (χ2v) is 7.49. The molecule has 5 heteroatoms. The van der Waals surface area contributed by atoms with E-state index in [1.54, 1.807) is 18.2 Å². The van der Waals surface area contributed by atoms with E-state index in [1.165, 1.54) is 6.07 Å². The first-order valence-corrected chi connectivity index (χ1v) is 9.03. The van der Waals surface area contributed by atoms with Crippen LogP contribution in [-0.4, -0.2) is 29.2 Å². The number of esters is 1. The van der Waals surface area contributed by atoms with Gasteiger partial charge in [-0.3, -0.25) is 14.4 Å². The largest absolute Gasteiger partial charge is 0.507 e. The summed E-state index contributed by atoms with van der Waals surface area (Å²) in [7, 11) is 0. The van der Waals surface area contributed by atoms with Gasteiger partial charge in [0.25, 0.3) is 0 Å². The number of ether oxygens (including phenoxy) is 1. The summed E-state index contributed by atoms with van der Waals surface area (Å²) in [4.78, 5) is 36.5. The van der Waals surface area contributed by atoms with Crippen LogP contribution in [0.15, 0.2) is 29.8 Å². The number of unbranched alkanes of at least 4 members (excludes halogenated alkanes) is 2. The third kappa shape index (κ3) is 4.59. The predicted octanol–water partition coefficient (Wildman–Crippen LogP) is 4.26. The van der Waals surface area contributed by atoms with Crippen molar-refractivity contribution in [3.8, 4) is 0 Å². The summed E-state index contributed by atoms with van der Waals surface area (Å²) >= 11 is 0. The van der Waals surface area contributed by atoms with Gasteiger partial charge in [-0.2, -0.15) is 0 Å². The molecule has 0 spiro atoms. The molecular weight excluding hydrogens is 332 g/mol. The van der Waals surface area contributed by atoms with Crippen LogP contribution in [0.5, 0.6) is 0 Å². The topological polar surface area (TPSA) is 80.7 Å². The van der Waals surface area contributed by atoms with Crippen molar-refractivity contribution in [2.24, 2.45) is 5.41 Å². The van der Waals surface area contributed by atoms with Gasteiger partial charge in [-0.05, 0) is 12.8 Å². The Morgan fingerprint density at radius 3 is 2.38 bits per heavy atom. The van der Waals surface area contributed by atoms with Crippen LogP contribution >= 0.6 is 0 Å². The molecule has 26 heavy (non-hydrogen) atoms. The highest BCUT2D eigenvalue weighted by Crippen LogP contribution is 2.35. The monoisotopic (exact) mass is 358 g/mol. The molecule has 0 fully saturated rings. The smallest absolute Gasteiger partial charge is 0.305 e. The minimum Gasteiger partial charge on any atom is -0.507 e. The van der Waals surface area contributed by atoms with Crippen LogP contribution in [0.3, 0.4) is 0 Å². The molecule has 0 amide bonds. The number of Topliss-reactive ketones (excluding diaryl/α,β-unsaturated/α-hetero) is 2. The minimum absolute atomic E-state index is 0.0840. The summed E-state index contributed by atoms with van der Waals surface area (Å²) in [6.45, 7) is 5.86. The maximum Gasteiger partial charge on any atom is 0.305 e. The number of fused-ring (bicyclic) bond motifs is 1. The van der Waals surface area contributed by atoms with E-state index in [2.05, 4.69) is 6.92 Å². The molecule has 0 atom stereocenters. The standard InChI is InChI=1S/C21H26O5/c1-4-5-6-11-17(22)26-13-21(2,3)12-16-18(23)14-9-7-8-10-15(14)19(24)20(16)25/h7-10,23H,4-6,11-13H2,1-3H3. The van der Waals surface area contributed by atoms with Crippen molar-refractivity contribution < 1.29 is 24.2 Å². The number of aliphatic hydroxyl groups is 1. The molecule has 1 aromatic rings. The fourth-order valence-electron chi connectivity index (χ4n) is 2.98. The number of benzene rings is 1.